The number of rotatable bonds is 2. The summed E-state index contributed by atoms with van der Waals surface area (Å²) in [6.45, 7) is 5.59. The Morgan fingerprint density at radius 2 is 1.89 bits per heavy atom. The molecule has 0 aliphatic carbocycles. The first-order chi connectivity index (χ1) is 8.68. The third kappa shape index (κ3) is 2.09. The fourth-order valence-electron chi connectivity index (χ4n) is 2.73. The summed E-state index contributed by atoms with van der Waals surface area (Å²) in [4.78, 5) is 10.9. The molecule has 5 nitrogen and oxygen atoms in total. The van der Waals surface area contributed by atoms with Gasteiger partial charge in [-0.3, -0.25) is 0 Å². The van der Waals surface area contributed by atoms with E-state index in [2.05, 4.69) is 0 Å². The highest BCUT2D eigenvalue weighted by atomic mass is 16.5. The quantitative estimate of drug-likeness (QED) is 0.860. The molecular weight excluding hydrogens is 246 g/mol. The van der Waals surface area contributed by atoms with Crippen LogP contribution >= 0.6 is 0 Å². The SMILES string of the molecule is CC1(C)CCC(C)(c2ccc(C(=O)O)c(O)c2)N1[O]. The number of hydrogen-bond donors (Lipinski definition) is 2. The lowest BCUT2D eigenvalue weighted by Crippen LogP contribution is -2.44. The Balaban J connectivity index is 2.43. The lowest BCUT2D eigenvalue weighted by atomic mass is 9.89. The van der Waals surface area contributed by atoms with Gasteiger partial charge in [0.1, 0.15) is 11.3 Å². The van der Waals surface area contributed by atoms with E-state index >= 15 is 0 Å². The van der Waals surface area contributed by atoms with Crippen LogP contribution in [0, 0.1) is 0 Å². The number of hydrogen-bond acceptors (Lipinski definition) is 3. The molecule has 5 heteroatoms. The predicted octanol–water partition coefficient (Wildman–Crippen LogP) is 2.53. The second-order valence-electron chi connectivity index (χ2n) is 5.92. The Labute approximate surface area is 112 Å². The topological polar surface area (TPSA) is 80.7 Å². The van der Waals surface area contributed by atoms with Crippen LogP contribution in [0.2, 0.25) is 0 Å². The average Bonchev–Trinajstić information content (AvgIpc) is 2.54. The zero-order valence-electron chi connectivity index (χ0n) is 11.3. The predicted molar refractivity (Wildman–Crippen MR) is 68.3 cm³/mol. The van der Waals surface area contributed by atoms with Crippen molar-refractivity contribution in [1.82, 2.24) is 5.06 Å². The fraction of sp³-hybridized carbons (Fsp3) is 0.500. The molecule has 1 fully saturated rings. The molecule has 103 valence electrons. The minimum Gasteiger partial charge on any atom is -0.507 e. The van der Waals surface area contributed by atoms with E-state index in [4.69, 9.17) is 5.11 Å². The molecule has 1 radical (unpaired) electrons. The number of carbonyl (C=O) groups is 1. The maximum Gasteiger partial charge on any atom is 0.339 e. The van der Waals surface area contributed by atoms with Gasteiger partial charge >= 0.3 is 5.97 Å². The van der Waals surface area contributed by atoms with Gasteiger partial charge in [-0.15, -0.1) is 10.3 Å². The van der Waals surface area contributed by atoms with Crippen molar-refractivity contribution in [3.05, 3.63) is 29.3 Å². The van der Waals surface area contributed by atoms with Gasteiger partial charge in [-0.1, -0.05) is 6.07 Å². The van der Waals surface area contributed by atoms with Crippen molar-refractivity contribution in [3.63, 3.8) is 0 Å². The number of aromatic hydroxyl groups is 1. The second-order valence-corrected chi connectivity index (χ2v) is 5.92. The molecule has 1 aromatic carbocycles. The molecule has 1 aliphatic heterocycles. The molecule has 2 N–H and O–H groups in total. The van der Waals surface area contributed by atoms with E-state index in [1.54, 1.807) is 6.07 Å². The molecule has 0 saturated carbocycles. The number of aromatic carboxylic acids is 1. The van der Waals surface area contributed by atoms with Crippen LogP contribution in [0.25, 0.3) is 0 Å². The molecule has 1 saturated heterocycles. The van der Waals surface area contributed by atoms with Gasteiger partial charge in [-0.25, -0.2) is 4.79 Å². The van der Waals surface area contributed by atoms with Gasteiger partial charge in [0, 0.05) is 5.54 Å². The van der Waals surface area contributed by atoms with Crippen LogP contribution in [0.3, 0.4) is 0 Å². The first-order valence-corrected chi connectivity index (χ1v) is 6.23. The minimum absolute atomic E-state index is 0.151. The maximum atomic E-state index is 12.4. The highest BCUT2D eigenvalue weighted by molar-refractivity contribution is 5.90. The molecule has 1 heterocycles. The number of carboxylic acids is 1. The summed E-state index contributed by atoms with van der Waals surface area (Å²) in [6.07, 6.45) is 1.43. The van der Waals surface area contributed by atoms with Crippen LogP contribution < -0.4 is 0 Å². The summed E-state index contributed by atoms with van der Waals surface area (Å²) in [6, 6.07) is 4.34. The van der Waals surface area contributed by atoms with E-state index in [0.717, 1.165) is 11.5 Å². The van der Waals surface area contributed by atoms with E-state index < -0.39 is 17.0 Å². The Morgan fingerprint density at radius 3 is 2.32 bits per heavy atom. The summed E-state index contributed by atoms with van der Waals surface area (Å²) < 4.78 is 0. The zero-order valence-corrected chi connectivity index (χ0v) is 11.3. The van der Waals surface area contributed by atoms with E-state index in [1.165, 1.54) is 12.1 Å². The zero-order chi connectivity index (χ0) is 14.4. The van der Waals surface area contributed by atoms with Crippen LogP contribution in [0.4, 0.5) is 0 Å². The van der Waals surface area contributed by atoms with Gasteiger partial charge in [-0.05, 0) is 51.3 Å². The molecule has 1 unspecified atom stereocenters. The lowest BCUT2D eigenvalue weighted by Gasteiger charge is -2.35. The highest BCUT2D eigenvalue weighted by Gasteiger charge is 2.49. The van der Waals surface area contributed by atoms with Crippen LogP contribution in [-0.2, 0) is 10.7 Å². The van der Waals surface area contributed by atoms with E-state index in [-0.39, 0.29) is 11.3 Å². The standard InChI is InChI=1S/C14H18NO4/c1-13(2)6-7-14(3,15(13)19)9-4-5-10(12(17)18)11(16)8-9/h4-5,8,16H,6-7H2,1-3H3,(H,17,18). The molecular formula is C14H18NO4. The second kappa shape index (κ2) is 4.21. The number of benzene rings is 1. The van der Waals surface area contributed by atoms with Gasteiger partial charge in [0.25, 0.3) is 0 Å². The van der Waals surface area contributed by atoms with Crippen LogP contribution in [-0.4, -0.2) is 26.8 Å². The maximum absolute atomic E-state index is 12.4. The van der Waals surface area contributed by atoms with Crippen molar-refractivity contribution in [2.45, 2.75) is 44.7 Å². The molecule has 19 heavy (non-hydrogen) atoms. The summed E-state index contributed by atoms with van der Waals surface area (Å²) in [5.74, 6) is -1.48. The van der Waals surface area contributed by atoms with Crippen molar-refractivity contribution < 1.29 is 20.2 Å². The Morgan fingerprint density at radius 1 is 1.26 bits per heavy atom. The molecule has 2 rings (SSSR count). The Bertz CT molecular complexity index is 526. The minimum atomic E-state index is -1.18. The monoisotopic (exact) mass is 264 g/mol. The fourth-order valence-corrected chi connectivity index (χ4v) is 2.73. The molecule has 0 bridgehead atoms. The summed E-state index contributed by atoms with van der Waals surface area (Å²) in [5, 5.41) is 32.1. The van der Waals surface area contributed by atoms with Crippen LogP contribution in [0.5, 0.6) is 5.75 Å². The van der Waals surface area contributed by atoms with Gasteiger partial charge in [0.05, 0.1) is 5.54 Å². The van der Waals surface area contributed by atoms with Crippen LogP contribution in [0.15, 0.2) is 18.2 Å². The first kappa shape index (κ1) is 13.8. The van der Waals surface area contributed by atoms with Crippen molar-refractivity contribution in [2.24, 2.45) is 0 Å². The van der Waals surface area contributed by atoms with Crippen molar-refractivity contribution >= 4 is 5.97 Å². The smallest absolute Gasteiger partial charge is 0.339 e. The lowest BCUT2D eigenvalue weighted by molar-refractivity contribution is -0.252. The van der Waals surface area contributed by atoms with Crippen molar-refractivity contribution in [3.8, 4) is 5.75 Å². The Kier molecular flexibility index (Phi) is 3.07. The third-order valence-electron chi connectivity index (χ3n) is 4.07. The van der Waals surface area contributed by atoms with E-state index in [9.17, 15) is 15.1 Å². The molecule has 0 amide bonds. The summed E-state index contributed by atoms with van der Waals surface area (Å²) in [5.41, 5.74) is -0.675. The Hall–Kier alpha value is -1.59. The van der Waals surface area contributed by atoms with E-state index in [0.29, 0.717) is 12.0 Å². The first-order valence-electron chi connectivity index (χ1n) is 6.23. The summed E-state index contributed by atoms with van der Waals surface area (Å²) in [7, 11) is 0. The van der Waals surface area contributed by atoms with Crippen molar-refractivity contribution in [1.29, 1.82) is 0 Å². The molecule has 1 aliphatic rings. The molecule has 0 spiro atoms. The van der Waals surface area contributed by atoms with Crippen molar-refractivity contribution in [2.75, 3.05) is 0 Å². The number of carboxylic acid groups (broad SMARTS) is 1. The van der Waals surface area contributed by atoms with Gasteiger partial charge in [-0.2, -0.15) is 0 Å². The van der Waals surface area contributed by atoms with Gasteiger partial charge < -0.3 is 10.2 Å². The third-order valence-corrected chi connectivity index (χ3v) is 4.07. The van der Waals surface area contributed by atoms with Gasteiger partial charge in [0.2, 0.25) is 0 Å². The van der Waals surface area contributed by atoms with Gasteiger partial charge in [0.15, 0.2) is 0 Å². The molecule has 0 aromatic heterocycles. The molecule has 1 atom stereocenters. The summed E-state index contributed by atoms with van der Waals surface area (Å²) >= 11 is 0. The highest BCUT2D eigenvalue weighted by Crippen LogP contribution is 2.46. The number of phenols is 1. The average molecular weight is 264 g/mol. The number of hydroxylamine groups is 2. The van der Waals surface area contributed by atoms with Crippen LogP contribution in [0.1, 0.15) is 49.5 Å². The van der Waals surface area contributed by atoms with E-state index in [1.807, 2.05) is 20.8 Å². The number of nitrogens with zero attached hydrogens (tertiary/aromatic N) is 1. The molecule has 1 aromatic rings. The largest absolute Gasteiger partial charge is 0.507 e. The normalized spacial score (nSPS) is 26.5.